The Morgan fingerprint density at radius 2 is 1.73 bits per heavy atom. The minimum Gasteiger partial charge on any atom is -0.393 e. The fourth-order valence-corrected chi connectivity index (χ4v) is 3.73. The van der Waals surface area contributed by atoms with Crippen molar-refractivity contribution in [2.24, 2.45) is 11.8 Å². The average molecular weight is 312 g/mol. The van der Waals surface area contributed by atoms with Crippen LogP contribution in [0.5, 0.6) is 0 Å². The van der Waals surface area contributed by atoms with Crippen molar-refractivity contribution in [2.75, 3.05) is 45.9 Å². The molecule has 4 nitrogen and oxygen atoms in total. The molecule has 2 saturated heterocycles. The normalized spacial score (nSPS) is 27.4. The van der Waals surface area contributed by atoms with Gasteiger partial charge in [-0.15, -0.1) is 0 Å². The smallest absolute Gasteiger partial charge is 0.0702 e. The van der Waals surface area contributed by atoms with Crippen LogP contribution in [0, 0.1) is 11.8 Å². The second kappa shape index (κ2) is 9.21. The Bertz CT molecular complexity index is 303. The summed E-state index contributed by atoms with van der Waals surface area (Å²) in [6.07, 6.45) is 4.71. The lowest BCUT2D eigenvalue weighted by molar-refractivity contribution is -0.0226. The molecular weight excluding hydrogens is 276 g/mol. The molecule has 130 valence electrons. The van der Waals surface area contributed by atoms with Crippen LogP contribution >= 0.6 is 0 Å². The number of piperidine rings is 2. The molecular formula is C18H36N2O2. The zero-order valence-corrected chi connectivity index (χ0v) is 14.8. The van der Waals surface area contributed by atoms with Crippen LogP contribution in [-0.2, 0) is 4.74 Å². The number of rotatable bonds is 7. The van der Waals surface area contributed by atoms with Crippen molar-refractivity contribution >= 4 is 0 Å². The summed E-state index contributed by atoms with van der Waals surface area (Å²) in [7, 11) is 0. The van der Waals surface area contributed by atoms with Crippen LogP contribution in [0.4, 0.5) is 0 Å². The molecule has 2 aliphatic rings. The molecule has 0 aromatic rings. The molecule has 4 heteroatoms. The molecule has 0 radical (unpaired) electrons. The van der Waals surface area contributed by atoms with Gasteiger partial charge < -0.3 is 19.6 Å². The van der Waals surface area contributed by atoms with E-state index < -0.39 is 0 Å². The summed E-state index contributed by atoms with van der Waals surface area (Å²) in [5, 5.41) is 9.57. The van der Waals surface area contributed by atoms with Crippen molar-refractivity contribution < 1.29 is 9.84 Å². The van der Waals surface area contributed by atoms with Crippen molar-refractivity contribution in [3.05, 3.63) is 0 Å². The van der Waals surface area contributed by atoms with Gasteiger partial charge in [-0.1, -0.05) is 20.8 Å². The molecule has 0 aromatic carbocycles. The van der Waals surface area contributed by atoms with Crippen molar-refractivity contribution in [3.63, 3.8) is 0 Å². The van der Waals surface area contributed by atoms with E-state index in [0.29, 0.717) is 12.0 Å². The third-order valence-electron chi connectivity index (χ3n) is 4.83. The summed E-state index contributed by atoms with van der Waals surface area (Å²) in [6.45, 7) is 14.5. The van der Waals surface area contributed by atoms with Gasteiger partial charge in [0.2, 0.25) is 0 Å². The SMILES string of the molecule is CC(C)CN1CCC[C@H](OCC(C)CN2CCC(O)CC2)C1. The monoisotopic (exact) mass is 312 g/mol. The van der Waals surface area contributed by atoms with Crippen LogP contribution in [0.25, 0.3) is 0 Å². The number of aliphatic hydroxyl groups excluding tert-OH is 1. The highest BCUT2D eigenvalue weighted by atomic mass is 16.5. The highest BCUT2D eigenvalue weighted by Crippen LogP contribution is 2.17. The van der Waals surface area contributed by atoms with Gasteiger partial charge in [0.05, 0.1) is 18.8 Å². The molecule has 0 spiro atoms. The Morgan fingerprint density at radius 1 is 1.00 bits per heavy atom. The van der Waals surface area contributed by atoms with Crippen LogP contribution in [0.1, 0.15) is 46.5 Å². The van der Waals surface area contributed by atoms with E-state index in [0.717, 1.165) is 51.5 Å². The molecule has 22 heavy (non-hydrogen) atoms. The molecule has 1 N–H and O–H groups in total. The van der Waals surface area contributed by atoms with Crippen LogP contribution in [0.15, 0.2) is 0 Å². The van der Waals surface area contributed by atoms with E-state index >= 15 is 0 Å². The van der Waals surface area contributed by atoms with Gasteiger partial charge >= 0.3 is 0 Å². The molecule has 1 unspecified atom stereocenters. The number of nitrogens with zero attached hydrogens (tertiary/aromatic N) is 2. The van der Waals surface area contributed by atoms with Crippen LogP contribution < -0.4 is 0 Å². The summed E-state index contributed by atoms with van der Waals surface area (Å²) in [5.74, 6) is 1.32. The first-order valence-corrected chi connectivity index (χ1v) is 9.27. The molecule has 2 atom stereocenters. The highest BCUT2D eigenvalue weighted by Gasteiger charge is 2.22. The van der Waals surface area contributed by atoms with Crippen LogP contribution in [0.2, 0.25) is 0 Å². The first kappa shape index (κ1) is 18.2. The van der Waals surface area contributed by atoms with E-state index in [9.17, 15) is 5.11 Å². The number of ether oxygens (including phenoxy) is 1. The topological polar surface area (TPSA) is 35.9 Å². The van der Waals surface area contributed by atoms with Gasteiger partial charge in [-0.3, -0.25) is 0 Å². The van der Waals surface area contributed by atoms with Crippen LogP contribution in [0.3, 0.4) is 0 Å². The zero-order chi connectivity index (χ0) is 15.9. The van der Waals surface area contributed by atoms with Crippen molar-refractivity contribution in [2.45, 2.75) is 58.7 Å². The lowest BCUT2D eigenvalue weighted by Gasteiger charge is -2.35. The quantitative estimate of drug-likeness (QED) is 0.782. The Balaban J connectivity index is 1.62. The first-order valence-electron chi connectivity index (χ1n) is 9.27. The molecule has 0 saturated carbocycles. The van der Waals surface area contributed by atoms with E-state index in [1.807, 2.05) is 0 Å². The number of aliphatic hydroxyl groups is 1. The van der Waals surface area contributed by atoms with E-state index in [4.69, 9.17) is 4.74 Å². The average Bonchev–Trinajstić information content (AvgIpc) is 2.47. The number of likely N-dealkylation sites (tertiary alicyclic amines) is 2. The van der Waals surface area contributed by atoms with Gasteiger partial charge in [0.25, 0.3) is 0 Å². The molecule has 2 fully saturated rings. The van der Waals surface area contributed by atoms with Crippen molar-refractivity contribution in [1.29, 1.82) is 0 Å². The van der Waals surface area contributed by atoms with E-state index in [2.05, 4.69) is 30.6 Å². The van der Waals surface area contributed by atoms with Gasteiger partial charge in [0.1, 0.15) is 0 Å². The Hall–Kier alpha value is -0.160. The largest absolute Gasteiger partial charge is 0.393 e. The number of hydrogen-bond acceptors (Lipinski definition) is 4. The highest BCUT2D eigenvalue weighted by molar-refractivity contribution is 4.76. The van der Waals surface area contributed by atoms with Gasteiger partial charge in [-0.05, 0) is 44.1 Å². The third-order valence-corrected chi connectivity index (χ3v) is 4.83. The van der Waals surface area contributed by atoms with Gasteiger partial charge in [0, 0.05) is 32.7 Å². The molecule has 2 aliphatic heterocycles. The summed E-state index contributed by atoms with van der Waals surface area (Å²) >= 11 is 0. The predicted molar refractivity (Wildman–Crippen MR) is 91.1 cm³/mol. The second-order valence-corrected chi connectivity index (χ2v) is 7.89. The minimum atomic E-state index is -0.0722. The summed E-state index contributed by atoms with van der Waals surface area (Å²) in [5.41, 5.74) is 0. The van der Waals surface area contributed by atoms with Crippen molar-refractivity contribution in [3.8, 4) is 0 Å². The summed E-state index contributed by atoms with van der Waals surface area (Å²) in [6, 6.07) is 0. The van der Waals surface area contributed by atoms with Gasteiger partial charge in [-0.2, -0.15) is 0 Å². The lowest BCUT2D eigenvalue weighted by atomic mass is 10.0. The molecule has 2 heterocycles. The molecule has 0 aromatic heterocycles. The van der Waals surface area contributed by atoms with Gasteiger partial charge in [0.15, 0.2) is 0 Å². The second-order valence-electron chi connectivity index (χ2n) is 7.89. The van der Waals surface area contributed by atoms with Crippen LogP contribution in [-0.4, -0.2) is 73.0 Å². The maximum Gasteiger partial charge on any atom is 0.0702 e. The summed E-state index contributed by atoms with van der Waals surface area (Å²) < 4.78 is 6.20. The fourth-order valence-electron chi connectivity index (χ4n) is 3.73. The van der Waals surface area contributed by atoms with Crippen molar-refractivity contribution in [1.82, 2.24) is 9.80 Å². The summed E-state index contributed by atoms with van der Waals surface area (Å²) in [4.78, 5) is 5.04. The minimum absolute atomic E-state index is 0.0722. The maximum atomic E-state index is 9.57. The molecule has 2 rings (SSSR count). The van der Waals surface area contributed by atoms with Gasteiger partial charge in [-0.25, -0.2) is 0 Å². The fraction of sp³-hybridized carbons (Fsp3) is 1.00. The Labute approximate surface area is 136 Å². The third kappa shape index (κ3) is 6.53. The van der Waals surface area contributed by atoms with E-state index in [1.165, 1.54) is 25.9 Å². The first-order chi connectivity index (χ1) is 10.5. The van der Waals surface area contributed by atoms with E-state index in [-0.39, 0.29) is 6.10 Å². The molecule has 0 amide bonds. The lowest BCUT2D eigenvalue weighted by Crippen LogP contribution is -2.42. The Kier molecular flexibility index (Phi) is 7.61. The Morgan fingerprint density at radius 3 is 2.41 bits per heavy atom. The zero-order valence-electron chi connectivity index (χ0n) is 14.8. The molecule has 0 bridgehead atoms. The molecule has 0 aliphatic carbocycles. The standard InChI is InChI=1S/C18H36N2O2/c1-15(2)11-20-8-4-5-18(13-20)22-14-16(3)12-19-9-6-17(21)7-10-19/h15-18,21H,4-14H2,1-3H3/t16?,18-/m0/s1. The number of hydrogen-bond donors (Lipinski definition) is 1. The van der Waals surface area contributed by atoms with E-state index in [1.54, 1.807) is 0 Å². The predicted octanol–water partition coefficient (Wildman–Crippen LogP) is 2.22. The maximum absolute atomic E-state index is 9.57.